The van der Waals surface area contributed by atoms with Gasteiger partial charge in [0.25, 0.3) is 0 Å². The SMILES string of the molecule is COC(=O)C1=C[C@@H](c2ccccc2)[C@@H]2C(=C(C)C1)c1ccccc1N2C(=O)OC(C)(C)C. The van der Waals surface area contributed by atoms with Gasteiger partial charge >= 0.3 is 12.1 Å². The zero-order valence-corrected chi connectivity index (χ0v) is 19.2. The first-order valence-corrected chi connectivity index (χ1v) is 10.9. The molecule has 0 bridgehead atoms. The second kappa shape index (κ2) is 8.30. The third-order valence-electron chi connectivity index (χ3n) is 5.89. The molecule has 0 saturated carbocycles. The minimum atomic E-state index is -0.631. The van der Waals surface area contributed by atoms with Gasteiger partial charge in [-0.3, -0.25) is 4.90 Å². The number of fused-ring (bicyclic) bond motifs is 3. The highest BCUT2D eigenvalue weighted by Gasteiger charge is 2.45. The van der Waals surface area contributed by atoms with Crippen molar-refractivity contribution >= 4 is 23.3 Å². The standard InChI is InChI=1S/C27H29NO4/c1-17-15-19(25(29)31-5)16-21(18-11-7-6-8-12-18)24-23(17)20-13-9-10-14-22(20)28(24)26(30)32-27(2,3)4/h6-14,16,21,24H,15H2,1-5H3/t21-,24+/m0/s1. The maximum Gasteiger partial charge on any atom is 0.415 e. The molecule has 32 heavy (non-hydrogen) atoms. The number of ether oxygens (including phenoxy) is 2. The molecule has 0 radical (unpaired) electrons. The number of methoxy groups -OCH3 is 1. The van der Waals surface area contributed by atoms with Gasteiger partial charge in [-0.05, 0) is 44.9 Å². The van der Waals surface area contributed by atoms with E-state index in [1.165, 1.54) is 7.11 Å². The summed E-state index contributed by atoms with van der Waals surface area (Å²) >= 11 is 0. The first kappa shape index (κ1) is 21.9. The lowest BCUT2D eigenvalue weighted by molar-refractivity contribution is -0.136. The Morgan fingerprint density at radius 2 is 1.66 bits per heavy atom. The molecule has 2 aromatic rings. The van der Waals surface area contributed by atoms with Crippen LogP contribution in [0.4, 0.5) is 10.5 Å². The summed E-state index contributed by atoms with van der Waals surface area (Å²) in [6, 6.07) is 17.6. The number of esters is 1. The fourth-order valence-electron chi connectivity index (χ4n) is 4.67. The Morgan fingerprint density at radius 1 is 1.00 bits per heavy atom. The molecular weight excluding hydrogens is 402 g/mol. The van der Waals surface area contributed by atoms with Crippen LogP contribution in [0.25, 0.3) is 5.57 Å². The van der Waals surface area contributed by atoms with Crippen LogP contribution >= 0.6 is 0 Å². The highest BCUT2D eigenvalue weighted by Crippen LogP contribution is 2.50. The lowest BCUT2D eigenvalue weighted by Crippen LogP contribution is -2.43. The maximum absolute atomic E-state index is 13.5. The second-order valence-corrected chi connectivity index (χ2v) is 9.30. The molecule has 5 heteroatoms. The topological polar surface area (TPSA) is 55.8 Å². The molecule has 0 N–H and O–H groups in total. The van der Waals surface area contributed by atoms with Crippen LogP contribution in [0.15, 0.2) is 71.8 Å². The number of para-hydroxylation sites is 1. The average Bonchev–Trinajstić information content (AvgIpc) is 3.02. The highest BCUT2D eigenvalue weighted by atomic mass is 16.6. The molecule has 1 aliphatic carbocycles. The lowest BCUT2D eigenvalue weighted by atomic mass is 9.85. The first-order valence-electron chi connectivity index (χ1n) is 10.9. The van der Waals surface area contributed by atoms with Gasteiger partial charge in [-0.1, -0.05) is 60.2 Å². The molecule has 0 aromatic heterocycles. The van der Waals surface area contributed by atoms with Crippen molar-refractivity contribution in [2.24, 2.45) is 0 Å². The third kappa shape index (κ3) is 3.95. The molecule has 0 spiro atoms. The summed E-state index contributed by atoms with van der Waals surface area (Å²) in [6.07, 6.45) is 2.04. The first-order chi connectivity index (χ1) is 15.2. The van der Waals surface area contributed by atoms with Gasteiger partial charge < -0.3 is 9.47 Å². The quantitative estimate of drug-likeness (QED) is 0.558. The number of carbonyl (C=O) groups excluding carboxylic acids is 2. The van der Waals surface area contributed by atoms with Crippen molar-refractivity contribution in [3.63, 3.8) is 0 Å². The van der Waals surface area contributed by atoms with Gasteiger partial charge in [0.2, 0.25) is 0 Å². The van der Waals surface area contributed by atoms with Gasteiger partial charge in [0, 0.05) is 23.5 Å². The Hall–Kier alpha value is -3.34. The van der Waals surface area contributed by atoms with Gasteiger partial charge in [0.05, 0.1) is 18.8 Å². The van der Waals surface area contributed by atoms with E-state index in [0.717, 1.165) is 28.0 Å². The molecule has 166 valence electrons. The molecule has 2 aromatic carbocycles. The Balaban J connectivity index is 1.95. The molecule has 0 saturated heterocycles. The monoisotopic (exact) mass is 431 g/mol. The molecule has 2 atom stereocenters. The third-order valence-corrected chi connectivity index (χ3v) is 5.89. The molecule has 1 aliphatic heterocycles. The van der Waals surface area contributed by atoms with E-state index in [4.69, 9.17) is 9.47 Å². The van der Waals surface area contributed by atoms with Crippen molar-refractivity contribution in [3.05, 3.63) is 82.9 Å². The summed E-state index contributed by atoms with van der Waals surface area (Å²) in [6.45, 7) is 7.63. The van der Waals surface area contributed by atoms with Gasteiger partial charge in [0.1, 0.15) is 5.60 Å². The van der Waals surface area contributed by atoms with Crippen LogP contribution in [0, 0.1) is 0 Å². The largest absolute Gasteiger partial charge is 0.466 e. The van der Waals surface area contributed by atoms with E-state index in [0.29, 0.717) is 12.0 Å². The highest BCUT2D eigenvalue weighted by molar-refractivity contribution is 6.04. The fourth-order valence-corrected chi connectivity index (χ4v) is 4.67. The summed E-state index contributed by atoms with van der Waals surface area (Å²) in [5.41, 5.74) is 4.93. The van der Waals surface area contributed by atoms with E-state index < -0.39 is 11.7 Å². The van der Waals surface area contributed by atoms with Gasteiger partial charge in [-0.25, -0.2) is 9.59 Å². The van der Waals surface area contributed by atoms with Crippen molar-refractivity contribution in [3.8, 4) is 0 Å². The van der Waals surface area contributed by atoms with Crippen molar-refractivity contribution < 1.29 is 19.1 Å². The van der Waals surface area contributed by atoms with Crippen molar-refractivity contribution in [2.75, 3.05) is 12.0 Å². The molecule has 1 amide bonds. The number of anilines is 1. The smallest absolute Gasteiger partial charge is 0.415 e. The summed E-state index contributed by atoms with van der Waals surface area (Å²) in [4.78, 5) is 27.9. The zero-order valence-electron chi connectivity index (χ0n) is 19.2. The van der Waals surface area contributed by atoms with Crippen molar-refractivity contribution in [2.45, 2.75) is 51.7 Å². The molecule has 5 nitrogen and oxygen atoms in total. The molecular formula is C27H29NO4. The van der Waals surface area contributed by atoms with E-state index in [1.54, 1.807) is 4.90 Å². The predicted molar refractivity (Wildman–Crippen MR) is 125 cm³/mol. The van der Waals surface area contributed by atoms with E-state index in [-0.39, 0.29) is 17.9 Å². The Kier molecular flexibility index (Phi) is 5.68. The Labute approximate surface area is 189 Å². The van der Waals surface area contributed by atoms with Crippen molar-refractivity contribution in [1.82, 2.24) is 0 Å². The number of allylic oxidation sites excluding steroid dienone is 1. The van der Waals surface area contributed by atoms with Crippen LogP contribution in [0.2, 0.25) is 0 Å². The second-order valence-electron chi connectivity index (χ2n) is 9.30. The molecule has 0 fully saturated rings. The molecule has 0 unspecified atom stereocenters. The number of benzene rings is 2. The summed E-state index contributed by atoms with van der Waals surface area (Å²) < 4.78 is 10.9. The van der Waals surface area contributed by atoms with Crippen LogP contribution in [-0.2, 0) is 14.3 Å². The number of rotatable bonds is 2. The van der Waals surface area contributed by atoms with E-state index >= 15 is 0 Å². The maximum atomic E-state index is 13.5. The van der Waals surface area contributed by atoms with Gasteiger partial charge in [-0.2, -0.15) is 0 Å². The van der Waals surface area contributed by atoms with Crippen LogP contribution in [-0.4, -0.2) is 30.8 Å². The minimum absolute atomic E-state index is 0.238. The van der Waals surface area contributed by atoms with Crippen LogP contribution in [0.5, 0.6) is 0 Å². The van der Waals surface area contributed by atoms with Gasteiger partial charge in [0.15, 0.2) is 0 Å². The summed E-state index contributed by atoms with van der Waals surface area (Å²) in [5.74, 6) is -0.583. The Morgan fingerprint density at radius 3 is 2.31 bits per heavy atom. The molecule has 4 rings (SSSR count). The summed E-state index contributed by atoms with van der Waals surface area (Å²) in [7, 11) is 1.40. The minimum Gasteiger partial charge on any atom is -0.466 e. The van der Waals surface area contributed by atoms with Gasteiger partial charge in [-0.15, -0.1) is 0 Å². The normalized spacial score (nSPS) is 20.2. The van der Waals surface area contributed by atoms with E-state index in [2.05, 4.69) is 0 Å². The number of amides is 1. The average molecular weight is 432 g/mol. The predicted octanol–water partition coefficient (Wildman–Crippen LogP) is 5.87. The number of hydrogen-bond acceptors (Lipinski definition) is 4. The number of nitrogens with zero attached hydrogens (tertiary/aromatic N) is 1. The fraction of sp³-hybridized carbons (Fsp3) is 0.333. The molecule has 1 heterocycles. The van der Waals surface area contributed by atoms with Crippen LogP contribution < -0.4 is 4.90 Å². The molecule has 2 aliphatic rings. The van der Waals surface area contributed by atoms with Crippen LogP contribution in [0.3, 0.4) is 0 Å². The zero-order chi connectivity index (χ0) is 23.0. The Bertz CT molecular complexity index is 1110. The van der Waals surface area contributed by atoms with Crippen LogP contribution in [0.1, 0.15) is 51.2 Å². The van der Waals surface area contributed by atoms with E-state index in [9.17, 15) is 9.59 Å². The van der Waals surface area contributed by atoms with E-state index in [1.807, 2.05) is 88.4 Å². The summed E-state index contributed by atoms with van der Waals surface area (Å²) in [5, 5.41) is 0. The number of carbonyl (C=O) groups is 2. The lowest BCUT2D eigenvalue weighted by Gasteiger charge is -2.33. The van der Waals surface area contributed by atoms with Crippen molar-refractivity contribution in [1.29, 1.82) is 0 Å². The number of hydrogen-bond donors (Lipinski definition) is 0.